The van der Waals surface area contributed by atoms with E-state index in [1.165, 1.54) is 30.9 Å². The largest absolute Gasteiger partial charge is 0.496 e. The average Bonchev–Trinajstić information content (AvgIpc) is 3.37. The molecule has 10 nitrogen and oxygen atoms in total. The van der Waals surface area contributed by atoms with Gasteiger partial charge >= 0.3 is 10.2 Å². The number of aryl methyl sites for hydroxylation is 1. The first kappa shape index (κ1) is 33.4. The molecule has 0 bridgehead atoms. The molecule has 3 rings (SSSR count). The Balaban J connectivity index is 0.00000533. The molecule has 0 atom stereocenters. The molecule has 205 valence electrons. The van der Waals surface area contributed by atoms with Crippen LogP contribution in [-0.4, -0.2) is 109 Å². The van der Waals surface area contributed by atoms with Crippen LogP contribution in [0.4, 0.5) is 0 Å². The number of nitrogens with zero attached hydrogens (tertiary/aromatic N) is 2. The molecule has 1 radical (unpaired) electrons. The molecule has 0 aliphatic rings. The van der Waals surface area contributed by atoms with E-state index in [4.69, 9.17) is 9.47 Å². The molecule has 0 spiro atoms. The molecule has 2 amide bonds. The molecule has 0 aliphatic heterocycles. The number of rotatable bonds is 13. The normalized spacial score (nSPS) is 10.9. The summed E-state index contributed by atoms with van der Waals surface area (Å²) in [5.74, 6) is -0.0203. The Kier molecular flexibility index (Phi) is 13.5. The monoisotopic (exact) mass is 599 g/mol. The van der Waals surface area contributed by atoms with E-state index in [2.05, 4.69) is 9.71 Å². The number of amides is 2. The standard InChI is InChI=1S/C26H32N4O6S2.K/c1-5-27-38(33,34)29-25(31)21-17-37-24(28-21)16-30(13-9-12-19-10-7-6-8-11-19)26(32)20-14-22(35-3)18(2)23(15-20)36-4;/h6-8,10-11,14-15,17,27H,5,9,12-13,16H2,1-4H3,(H,29,31);. The van der Waals surface area contributed by atoms with Crippen molar-refractivity contribution in [1.29, 1.82) is 0 Å². The fourth-order valence-electron chi connectivity index (χ4n) is 3.81. The van der Waals surface area contributed by atoms with Crippen LogP contribution in [0.1, 0.15) is 50.3 Å². The summed E-state index contributed by atoms with van der Waals surface area (Å²) in [5, 5.41) is 1.96. The number of aromatic nitrogens is 1. The zero-order valence-corrected chi connectivity index (χ0v) is 27.6. The summed E-state index contributed by atoms with van der Waals surface area (Å²) in [6, 6.07) is 13.3. The Bertz CT molecular complexity index is 1340. The molecule has 0 unspecified atom stereocenters. The number of thiazole rings is 1. The number of methoxy groups -OCH3 is 2. The zero-order valence-electron chi connectivity index (χ0n) is 22.8. The minimum Gasteiger partial charge on any atom is -0.496 e. The van der Waals surface area contributed by atoms with Crippen molar-refractivity contribution in [2.75, 3.05) is 27.3 Å². The summed E-state index contributed by atoms with van der Waals surface area (Å²) in [7, 11) is -0.903. The van der Waals surface area contributed by atoms with Crippen molar-refractivity contribution in [2.24, 2.45) is 0 Å². The Hall–Kier alpha value is -1.84. The third kappa shape index (κ3) is 9.64. The van der Waals surface area contributed by atoms with Gasteiger partial charge in [0.05, 0.1) is 20.8 Å². The van der Waals surface area contributed by atoms with Gasteiger partial charge in [0, 0.05) is 81.0 Å². The van der Waals surface area contributed by atoms with Crippen molar-refractivity contribution in [3.63, 3.8) is 0 Å². The molecule has 0 saturated heterocycles. The van der Waals surface area contributed by atoms with E-state index in [0.29, 0.717) is 35.0 Å². The van der Waals surface area contributed by atoms with Crippen LogP contribution in [-0.2, 0) is 23.2 Å². The summed E-state index contributed by atoms with van der Waals surface area (Å²) < 4.78 is 38.7. The smallest absolute Gasteiger partial charge is 0.301 e. The first-order valence-corrected chi connectivity index (χ1v) is 14.4. The van der Waals surface area contributed by atoms with Gasteiger partial charge in [0.2, 0.25) is 0 Å². The second-order valence-corrected chi connectivity index (χ2v) is 10.8. The summed E-state index contributed by atoms with van der Waals surface area (Å²) in [6.45, 7) is 4.17. The second-order valence-electron chi connectivity index (χ2n) is 8.38. The molecule has 3 aromatic rings. The van der Waals surface area contributed by atoms with Gasteiger partial charge < -0.3 is 14.4 Å². The Morgan fingerprint density at radius 1 is 1.08 bits per heavy atom. The van der Waals surface area contributed by atoms with Crippen molar-refractivity contribution in [3.8, 4) is 11.5 Å². The van der Waals surface area contributed by atoms with Gasteiger partial charge in [-0.15, -0.1) is 11.3 Å². The van der Waals surface area contributed by atoms with Crippen LogP contribution in [0.15, 0.2) is 47.8 Å². The topological polar surface area (TPSA) is 127 Å². The van der Waals surface area contributed by atoms with E-state index in [-0.39, 0.29) is 76.1 Å². The molecule has 39 heavy (non-hydrogen) atoms. The first-order chi connectivity index (χ1) is 18.2. The molecule has 0 fully saturated rings. The number of hydrogen-bond donors (Lipinski definition) is 2. The van der Waals surface area contributed by atoms with Crippen molar-refractivity contribution in [2.45, 2.75) is 33.2 Å². The van der Waals surface area contributed by atoms with Crippen LogP contribution in [0.5, 0.6) is 11.5 Å². The average molecular weight is 600 g/mol. The Morgan fingerprint density at radius 2 is 1.72 bits per heavy atom. The Morgan fingerprint density at radius 3 is 2.31 bits per heavy atom. The Labute approximate surface area is 276 Å². The van der Waals surface area contributed by atoms with Gasteiger partial charge in [-0.1, -0.05) is 37.3 Å². The maximum Gasteiger partial charge on any atom is 0.301 e. The van der Waals surface area contributed by atoms with Gasteiger partial charge in [0.25, 0.3) is 11.8 Å². The molecular formula is C26H32KN4O6S2. The number of carbonyl (C=O) groups is 2. The van der Waals surface area contributed by atoms with Crippen LogP contribution in [0.3, 0.4) is 0 Å². The van der Waals surface area contributed by atoms with Crippen LogP contribution < -0.4 is 18.9 Å². The minimum absolute atomic E-state index is 0. The summed E-state index contributed by atoms with van der Waals surface area (Å²) in [5.41, 5.74) is 2.30. The van der Waals surface area contributed by atoms with Crippen molar-refractivity contribution in [3.05, 3.63) is 75.2 Å². The summed E-state index contributed by atoms with van der Waals surface area (Å²) >= 11 is 1.18. The molecule has 0 saturated carbocycles. The number of ether oxygens (including phenoxy) is 2. The maximum atomic E-state index is 13.7. The molecule has 2 N–H and O–H groups in total. The molecule has 1 aromatic heterocycles. The molecular weight excluding hydrogens is 568 g/mol. The first-order valence-electron chi connectivity index (χ1n) is 12.0. The molecule has 1 heterocycles. The van der Waals surface area contributed by atoms with Crippen LogP contribution >= 0.6 is 11.3 Å². The second kappa shape index (κ2) is 15.8. The van der Waals surface area contributed by atoms with E-state index < -0.39 is 16.1 Å². The van der Waals surface area contributed by atoms with Crippen LogP contribution in [0, 0.1) is 6.92 Å². The number of hydrogen-bond acceptors (Lipinski definition) is 8. The van der Waals surface area contributed by atoms with Gasteiger partial charge in [-0.25, -0.2) is 9.71 Å². The van der Waals surface area contributed by atoms with Crippen LogP contribution in [0.2, 0.25) is 0 Å². The van der Waals surface area contributed by atoms with E-state index in [0.717, 1.165) is 17.5 Å². The molecule has 2 aromatic carbocycles. The number of benzene rings is 2. The number of carbonyl (C=O) groups excluding carboxylic acids is 2. The predicted molar refractivity (Wildman–Crippen MR) is 152 cm³/mol. The van der Waals surface area contributed by atoms with Crippen molar-refractivity contribution < 1.29 is 27.5 Å². The predicted octanol–water partition coefficient (Wildman–Crippen LogP) is 2.95. The van der Waals surface area contributed by atoms with Crippen LogP contribution in [0.25, 0.3) is 0 Å². The fourth-order valence-corrected chi connectivity index (χ4v) is 5.40. The quantitative estimate of drug-likeness (QED) is 0.289. The molecule has 13 heteroatoms. The zero-order chi connectivity index (χ0) is 27.7. The van der Waals surface area contributed by atoms with Crippen molar-refractivity contribution in [1.82, 2.24) is 19.3 Å². The number of nitrogens with one attached hydrogen (secondary N) is 2. The maximum absolute atomic E-state index is 13.7. The van der Waals surface area contributed by atoms with E-state index in [1.807, 2.05) is 42.0 Å². The third-order valence-electron chi connectivity index (χ3n) is 5.69. The molecule has 0 aliphatic carbocycles. The van der Waals surface area contributed by atoms with Gasteiger partial charge in [0.1, 0.15) is 22.2 Å². The minimum atomic E-state index is -3.97. The third-order valence-corrected chi connectivity index (χ3v) is 7.65. The summed E-state index contributed by atoms with van der Waals surface area (Å²) in [6.07, 6.45) is 1.48. The fraction of sp³-hybridized carbons (Fsp3) is 0.346. The van der Waals surface area contributed by atoms with E-state index in [1.54, 1.807) is 24.0 Å². The van der Waals surface area contributed by atoms with Crippen molar-refractivity contribution >= 4 is 84.7 Å². The van der Waals surface area contributed by atoms with Gasteiger partial charge in [-0.05, 0) is 37.5 Å². The van der Waals surface area contributed by atoms with Gasteiger partial charge in [-0.2, -0.15) is 13.1 Å². The summed E-state index contributed by atoms with van der Waals surface area (Å²) in [4.78, 5) is 32.0. The van der Waals surface area contributed by atoms with Gasteiger partial charge in [-0.3, -0.25) is 9.59 Å². The van der Waals surface area contributed by atoms with E-state index in [9.17, 15) is 18.0 Å². The van der Waals surface area contributed by atoms with E-state index >= 15 is 0 Å². The SMILES string of the molecule is CCNS(=O)(=O)NC(=O)c1csc(CN(CCCc2ccccc2)C(=O)c2cc(OC)c(C)c(OC)c2)n1.[K]. The van der Waals surface area contributed by atoms with Gasteiger partial charge in [0.15, 0.2) is 0 Å².